The molecule has 1 aliphatic rings. The Hall–Kier alpha value is -0.450. The highest BCUT2D eigenvalue weighted by Gasteiger charge is 2.37. The van der Waals surface area contributed by atoms with Gasteiger partial charge < -0.3 is 10.1 Å². The zero-order valence-electron chi connectivity index (χ0n) is 10.2. The third-order valence-corrected chi connectivity index (χ3v) is 4.37. The first-order valence-electron chi connectivity index (χ1n) is 5.86. The molecule has 90 valence electrons. The highest BCUT2D eigenvalue weighted by atomic mass is 32.1. The van der Waals surface area contributed by atoms with Crippen LogP contribution in [0.25, 0.3) is 0 Å². The van der Waals surface area contributed by atoms with Gasteiger partial charge in [-0.3, -0.25) is 0 Å². The maximum atomic E-state index is 5.89. The number of ether oxygens (including phenoxy) is 1. The largest absolute Gasteiger partial charge is 0.374 e. The third-order valence-electron chi connectivity index (χ3n) is 3.38. The van der Waals surface area contributed by atoms with Crippen LogP contribution in [0.3, 0.4) is 0 Å². The smallest absolute Gasteiger partial charge is 0.0944 e. The molecule has 3 nitrogen and oxygen atoms in total. The van der Waals surface area contributed by atoms with Crippen LogP contribution >= 0.6 is 11.3 Å². The van der Waals surface area contributed by atoms with Crippen LogP contribution in [0.4, 0.5) is 0 Å². The second-order valence-electron chi connectivity index (χ2n) is 4.69. The lowest BCUT2D eigenvalue weighted by atomic mass is 9.91. The first-order valence-corrected chi connectivity index (χ1v) is 6.74. The summed E-state index contributed by atoms with van der Waals surface area (Å²) in [5.74, 6) is 0. The third kappa shape index (κ3) is 2.44. The van der Waals surface area contributed by atoms with Crippen molar-refractivity contribution in [3.63, 3.8) is 0 Å². The number of nitrogens with zero attached hydrogens (tertiary/aromatic N) is 1. The fourth-order valence-corrected chi connectivity index (χ4v) is 3.19. The molecule has 2 rings (SSSR count). The quantitative estimate of drug-likeness (QED) is 0.875. The topological polar surface area (TPSA) is 34.2 Å². The van der Waals surface area contributed by atoms with Crippen LogP contribution < -0.4 is 5.32 Å². The number of rotatable bonds is 4. The van der Waals surface area contributed by atoms with Crippen LogP contribution in [0.2, 0.25) is 0 Å². The first-order chi connectivity index (χ1) is 7.64. The summed E-state index contributed by atoms with van der Waals surface area (Å²) in [6.45, 7) is 5.15. The molecule has 0 aromatic carbocycles. The SMILES string of the molecule is CNC(Cc1nc(C)cs1)C1(C)CCCO1. The van der Waals surface area contributed by atoms with E-state index in [1.807, 2.05) is 14.0 Å². The fourth-order valence-electron chi connectivity index (χ4n) is 2.37. The Labute approximate surface area is 101 Å². The molecule has 2 heterocycles. The van der Waals surface area contributed by atoms with Crippen molar-refractivity contribution in [3.05, 3.63) is 16.1 Å². The van der Waals surface area contributed by atoms with E-state index in [1.54, 1.807) is 11.3 Å². The van der Waals surface area contributed by atoms with Gasteiger partial charge in [0.1, 0.15) is 0 Å². The van der Waals surface area contributed by atoms with Crippen molar-refractivity contribution in [1.82, 2.24) is 10.3 Å². The summed E-state index contributed by atoms with van der Waals surface area (Å²) >= 11 is 1.74. The van der Waals surface area contributed by atoms with Gasteiger partial charge in [0.05, 0.1) is 10.6 Å². The highest BCUT2D eigenvalue weighted by Crippen LogP contribution is 2.30. The average molecular weight is 240 g/mol. The number of nitrogens with one attached hydrogen (secondary N) is 1. The Balaban J connectivity index is 2.05. The molecule has 2 unspecified atom stereocenters. The molecule has 0 spiro atoms. The lowest BCUT2D eigenvalue weighted by molar-refractivity contribution is -0.00945. The number of aromatic nitrogens is 1. The summed E-state index contributed by atoms with van der Waals surface area (Å²) in [4.78, 5) is 4.52. The number of hydrogen-bond donors (Lipinski definition) is 1. The summed E-state index contributed by atoms with van der Waals surface area (Å²) in [6, 6.07) is 0.362. The van der Waals surface area contributed by atoms with Crippen molar-refractivity contribution in [1.29, 1.82) is 0 Å². The van der Waals surface area contributed by atoms with Gasteiger partial charge in [0.15, 0.2) is 0 Å². The van der Waals surface area contributed by atoms with E-state index in [0.717, 1.165) is 25.1 Å². The van der Waals surface area contributed by atoms with Crippen molar-refractivity contribution >= 4 is 11.3 Å². The number of hydrogen-bond acceptors (Lipinski definition) is 4. The van der Waals surface area contributed by atoms with E-state index in [4.69, 9.17) is 4.74 Å². The minimum atomic E-state index is -0.0195. The molecule has 1 fully saturated rings. The maximum absolute atomic E-state index is 5.89. The normalized spacial score (nSPS) is 27.2. The van der Waals surface area contributed by atoms with Gasteiger partial charge in [-0.05, 0) is 33.7 Å². The molecule has 16 heavy (non-hydrogen) atoms. The Morgan fingerprint density at radius 2 is 2.50 bits per heavy atom. The molecule has 1 saturated heterocycles. The minimum absolute atomic E-state index is 0.0195. The number of thiazole rings is 1. The van der Waals surface area contributed by atoms with Gasteiger partial charge in [0.25, 0.3) is 0 Å². The second-order valence-corrected chi connectivity index (χ2v) is 5.64. The summed E-state index contributed by atoms with van der Waals surface area (Å²) in [5.41, 5.74) is 1.10. The molecule has 0 bridgehead atoms. The van der Waals surface area contributed by atoms with Gasteiger partial charge in [-0.15, -0.1) is 11.3 Å². The van der Waals surface area contributed by atoms with Gasteiger partial charge in [-0.1, -0.05) is 0 Å². The van der Waals surface area contributed by atoms with Gasteiger partial charge in [0.2, 0.25) is 0 Å². The highest BCUT2D eigenvalue weighted by molar-refractivity contribution is 7.09. The minimum Gasteiger partial charge on any atom is -0.374 e. The summed E-state index contributed by atoms with van der Waals surface area (Å²) in [5, 5.41) is 6.70. The molecular weight excluding hydrogens is 220 g/mol. The lowest BCUT2D eigenvalue weighted by Gasteiger charge is -2.32. The summed E-state index contributed by atoms with van der Waals surface area (Å²) in [7, 11) is 2.01. The van der Waals surface area contributed by atoms with E-state index in [1.165, 1.54) is 11.4 Å². The van der Waals surface area contributed by atoms with E-state index in [-0.39, 0.29) is 5.60 Å². The van der Waals surface area contributed by atoms with Gasteiger partial charge in [-0.2, -0.15) is 0 Å². The molecule has 0 saturated carbocycles. The molecule has 1 aromatic rings. The second kappa shape index (κ2) is 4.82. The van der Waals surface area contributed by atoms with Gasteiger partial charge >= 0.3 is 0 Å². The van der Waals surface area contributed by atoms with Gasteiger partial charge in [0, 0.05) is 30.1 Å². The lowest BCUT2D eigenvalue weighted by Crippen LogP contribution is -2.48. The standard InChI is InChI=1S/C12H20N2OS/c1-9-8-16-11(14-9)7-10(13-3)12(2)5-4-6-15-12/h8,10,13H,4-7H2,1-3H3. The van der Waals surface area contributed by atoms with Crippen LogP contribution in [0, 0.1) is 6.92 Å². The van der Waals surface area contributed by atoms with Crippen LogP contribution in [0.1, 0.15) is 30.5 Å². The van der Waals surface area contributed by atoms with Crippen LogP contribution in [-0.4, -0.2) is 30.3 Å². The van der Waals surface area contributed by atoms with E-state index in [9.17, 15) is 0 Å². The molecule has 0 radical (unpaired) electrons. The Morgan fingerprint density at radius 1 is 1.69 bits per heavy atom. The monoisotopic (exact) mass is 240 g/mol. The van der Waals surface area contributed by atoms with Gasteiger partial charge in [-0.25, -0.2) is 4.98 Å². The van der Waals surface area contributed by atoms with E-state index >= 15 is 0 Å². The van der Waals surface area contributed by atoms with Crippen LogP contribution in [0.15, 0.2) is 5.38 Å². The Morgan fingerprint density at radius 3 is 3.00 bits per heavy atom. The number of likely N-dealkylation sites (N-methyl/N-ethyl adjacent to an activating group) is 1. The molecule has 1 aromatic heterocycles. The van der Waals surface area contributed by atoms with Crippen molar-refractivity contribution in [2.24, 2.45) is 0 Å². The fraction of sp³-hybridized carbons (Fsp3) is 0.750. The molecule has 0 aliphatic carbocycles. The molecular formula is C12H20N2OS. The molecule has 1 N–H and O–H groups in total. The first kappa shape index (κ1) is 12.0. The van der Waals surface area contributed by atoms with Crippen molar-refractivity contribution in [3.8, 4) is 0 Å². The van der Waals surface area contributed by atoms with E-state index < -0.39 is 0 Å². The van der Waals surface area contributed by atoms with Crippen LogP contribution in [-0.2, 0) is 11.2 Å². The molecule has 2 atom stereocenters. The maximum Gasteiger partial charge on any atom is 0.0944 e. The number of aryl methyl sites for hydroxylation is 1. The van der Waals surface area contributed by atoms with E-state index in [0.29, 0.717) is 6.04 Å². The van der Waals surface area contributed by atoms with E-state index in [2.05, 4.69) is 22.6 Å². The Bertz CT molecular complexity index is 345. The predicted octanol–water partition coefficient (Wildman–Crippen LogP) is 2.15. The zero-order valence-corrected chi connectivity index (χ0v) is 11.1. The molecule has 4 heteroatoms. The summed E-state index contributed by atoms with van der Waals surface area (Å²) in [6.07, 6.45) is 3.28. The summed E-state index contributed by atoms with van der Waals surface area (Å²) < 4.78 is 5.89. The van der Waals surface area contributed by atoms with Crippen molar-refractivity contribution in [2.45, 2.75) is 44.8 Å². The zero-order chi connectivity index (χ0) is 11.6. The molecule has 0 amide bonds. The predicted molar refractivity (Wildman–Crippen MR) is 67.0 cm³/mol. The Kier molecular flexibility index (Phi) is 3.62. The van der Waals surface area contributed by atoms with Crippen LogP contribution in [0.5, 0.6) is 0 Å². The molecule has 1 aliphatic heterocycles. The van der Waals surface area contributed by atoms with Crippen molar-refractivity contribution < 1.29 is 4.74 Å². The van der Waals surface area contributed by atoms with Crippen molar-refractivity contribution in [2.75, 3.05) is 13.7 Å². The average Bonchev–Trinajstić information content (AvgIpc) is 2.85.